The molecule has 0 aliphatic carbocycles. The van der Waals surface area contributed by atoms with Gasteiger partial charge < -0.3 is 15.2 Å². The number of benzene rings is 1. The first-order valence-electron chi connectivity index (χ1n) is 9.09. The van der Waals surface area contributed by atoms with E-state index in [2.05, 4.69) is 20.8 Å². The van der Waals surface area contributed by atoms with Gasteiger partial charge in [-0.2, -0.15) is 4.98 Å². The Balaban J connectivity index is 1.91. The molecule has 0 spiro atoms. The summed E-state index contributed by atoms with van der Waals surface area (Å²) in [5.41, 5.74) is 0.277. The molecule has 2 N–H and O–H groups in total. The van der Waals surface area contributed by atoms with Gasteiger partial charge in [-0.3, -0.25) is 9.59 Å². The van der Waals surface area contributed by atoms with Gasteiger partial charge in [0.05, 0.1) is 10.6 Å². The van der Waals surface area contributed by atoms with Crippen molar-refractivity contribution in [1.29, 1.82) is 0 Å². The number of halogens is 2. The molecule has 1 heterocycles. The molecule has 1 aromatic heterocycles. The number of aromatic nitrogens is 2. The lowest BCUT2D eigenvalue weighted by Gasteiger charge is -2.20. The zero-order valence-electron chi connectivity index (χ0n) is 16.1. The molecule has 1 aromatic carbocycles. The molecule has 152 valence electrons. The largest absolute Gasteiger partial charge is 0.354 e. The van der Waals surface area contributed by atoms with Gasteiger partial charge in [-0.15, -0.1) is 0 Å². The van der Waals surface area contributed by atoms with Crippen molar-refractivity contribution in [2.45, 2.75) is 46.1 Å². The molecule has 2 rings (SSSR count). The fourth-order valence-corrected chi connectivity index (χ4v) is 3.12. The van der Waals surface area contributed by atoms with E-state index in [4.69, 9.17) is 27.7 Å². The fraction of sp³-hybridized carbons (Fsp3) is 0.474. The number of aryl methyl sites for hydroxylation is 2. The minimum absolute atomic E-state index is 0.220. The number of nitrogens with one attached hydrogen (secondary N) is 2. The summed E-state index contributed by atoms with van der Waals surface area (Å²) >= 11 is 12.0. The Hall–Kier alpha value is -2.12. The van der Waals surface area contributed by atoms with Crippen LogP contribution in [-0.4, -0.2) is 34.5 Å². The predicted molar refractivity (Wildman–Crippen MR) is 108 cm³/mol. The second-order valence-corrected chi connectivity index (χ2v) is 7.75. The Morgan fingerprint density at radius 3 is 2.61 bits per heavy atom. The molecule has 0 saturated carbocycles. The van der Waals surface area contributed by atoms with E-state index in [9.17, 15) is 9.59 Å². The van der Waals surface area contributed by atoms with Crippen LogP contribution in [0.5, 0.6) is 0 Å². The lowest BCUT2D eigenvalue weighted by Crippen LogP contribution is -2.47. The highest BCUT2D eigenvalue weighted by Gasteiger charge is 2.23. The summed E-state index contributed by atoms with van der Waals surface area (Å²) in [5.74, 6) is 0.687. The number of hydrogen-bond acceptors (Lipinski definition) is 5. The van der Waals surface area contributed by atoms with E-state index < -0.39 is 11.9 Å². The fourth-order valence-electron chi connectivity index (χ4n) is 2.63. The third kappa shape index (κ3) is 6.80. The van der Waals surface area contributed by atoms with Gasteiger partial charge in [0.15, 0.2) is 5.82 Å². The monoisotopic (exact) mass is 426 g/mol. The summed E-state index contributed by atoms with van der Waals surface area (Å²) < 4.78 is 5.04. The minimum Gasteiger partial charge on any atom is -0.354 e. The summed E-state index contributed by atoms with van der Waals surface area (Å²) in [6.45, 7) is 6.16. The number of carbonyl (C=O) groups excluding carboxylic acids is 2. The number of carbonyl (C=O) groups is 2. The highest BCUT2D eigenvalue weighted by molar-refractivity contribution is 6.36. The molecule has 7 nitrogen and oxygen atoms in total. The van der Waals surface area contributed by atoms with E-state index in [1.807, 2.05) is 13.8 Å². The molecule has 0 fully saturated rings. The van der Waals surface area contributed by atoms with E-state index in [1.54, 1.807) is 13.0 Å². The van der Waals surface area contributed by atoms with Crippen molar-refractivity contribution in [3.63, 3.8) is 0 Å². The maximum atomic E-state index is 12.6. The second kappa shape index (κ2) is 10.4. The molecule has 1 atom stereocenters. The van der Waals surface area contributed by atoms with E-state index >= 15 is 0 Å². The van der Waals surface area contributed by atoms with Crippen LogP contribution in [0.2, 0.25) is 10.0 Å². The van der Waals surface area contributed by atoms with Crippen molar-refractivity contribution in [2.24, 2.45) is 5.92 Å². The molecular formula is C19H24Cl2N4O3. The zero-order valence-corrected chi connectivity index (χ0v) is 17.6. The van der Waals surface area contributed by atoms with Crippen LogP contribution < -0.4 is 10.6 Å². The molecule has 0 aliphatic heterocycles. The van der Waals surface area contributed by atoms with Crippen LogP contribution in [0.25, 0.3) is 0 Å². The Kier molecular flexibility index (Phi) is 8.26. The van der Waals surface area contributed by atoms with Crippen LogP contribution >= 0.6 is 23.2 Å². The lowest BCUT2D eigenvalue weighted by molar-refractivity contribution is -0.123. The van der Waals surface area contributed by atoms with Gasteiger partial charge in [-0.25, -0.2) is 0 Å². The summed E-state index contributed by atoms with van der Waals surface area (Å²) in [5, 5.41) is 10.0. The average Bonchev–Trinajstić information content (AvgIpc) is 3.02. The van der Waals surface area contributed by atoms with Gasteiger partial charge >= 0.3 is 0 Å². The smallest absolute Gasteiger partial charge is 0.253 e. The summed E-state index contributed by atoms with van der Waals surface area (Å²) in [7, 11) is 0. The van der Waals surface area contributed by atoms with E-state index in [-0.39, 0.29) is 22.4 Å². The normalized spacial score (nSPS) is 12.1. The third-order valence-corrected chi connectivity index (χ3v) is 4.49. The average molecular weight is 427 g/mol. The van der Waals surface area contributed by atoms with Crippen LogP contribution in [0.15, 0.2) is 22.7 Å². The SMILES string of the molecule is Cc1noc(CCCNC(=O)C(CC(C)C)NC(=O)c2ccc(Cl)cc2Cl)n1. The molecular weight excluding hydrogens is 403 g/mol. The minimum atomic E-state index is -0.662. The second-order valence-electron chi connectivity index (χ2n) is 6.91. The Bertz CT molecular complexity index is 823. The quantitative estimate of drug-likeness (QED) is 0.597. The maximum absolute atomic E-state index is 12.6. The van der Waals surface area contributed by atoms with E-state index in [0.717, 1.165) is 0 Å². The summed E-state index contributed by atoms with van der Waals surface area (Å²) in [6.07, 6.45) is 1.73. The lowest BCUT2D eigenvalue weighted by atomic mass is 10.0. The first-order valence-corrected chi connectivity index (χ1v) is 9.84. The van der Waals surface area contributed by atoms with Gasteiger partial charge in [0, 0.05) is 18.0 Å². The molecule has 2 aromatic rings. The molecule has 2 amide bonds. The Morgan fingerprint density at radius 1 is 1.25 bits per heavy atom. The number of amides is 2. The maximum Gasteiger partial charge on any atom is 0.253 e. The predicted octanol–water partition coefficient (Wildman–Crippen LogP) is 3.58. The number of rotatable bonds is 9. The Morgan fingerprint density at radius 2 is 2.00 bits per heavy atom. The number of nitrogens with zero attached hydrogens (tertiary/aromatic N) is 2. The summed E-state index contributed by atoms with van der Waals surface area (Å²) in [6, 6.07) is 3.95. The van der Waals surface area contributed by atoms with Crippen molar-refractivity contribution in [2.75, 3.05) is 6.54 Å². The van der Waals surface area contributed by atoms with Crippen LogP contribution in [-0.2, 0) is 11.2 Å². The molecule has 0 saturated heterocycles. The van der Waals surface area contributed by atoms with Crippen molar-refractivity contribution >= 4 is 35.0 Å². The molecule has 28 heavy (non-hydrogen) atoms. The van der Waals surface area contributed by atoms with Crippen molar-refractivity contribution in [3.8, 4) is 0 Å². The van der Waals surface area contributed by atoms with Gasteiger partial charge in [-0.05, 0) is 43.9 Å². The van der Waals surface area contributed by atoms with Crippen LogP contribution in [0, 0.1) is 12.8 Å². The Labute approximate surface area is 174 Å². The van der Waals surface area contributed by atoms with Crippen molar-refractivity contribution < 1.29 is 14.1 Å². The number of hydrogen-bond donors (Lipinski definition) is 2. The van der Waals surface area contributed by atoms with Gasteiger partial charge in [0.1, 0.15) is 6.04 Å². The highest BCUT2D eigenvalue weighted by Crippen LogP contribution is 2.21. The van der Waals surface area contributed by atoms with Crippen LogP contribution in [0.1, 0.15) is 48.8 Å². The standard InChI is InChI=1S/C19H24Cl2N4O3/c1-11(2)9-16(24-18(26)14-7-6-13(20)10-15(14)21)19(27)22-8-4-5-17-23-12(3)25-28-17/h6-7,10-11,16H,4-5,8-9H2,1-3H3,(H,22,27)(H,24,26). The van der Waals surface area contributed by atoms with Gasteiger partial charge in [0.25, 0.3) is 5.91 Å². The molecule has 0 bridgehead atoms. The first kappa shape index (κ1) is 22.2. The van der Waals surface area contributed by atoms with Gasteiger partial charge in [-0.1, -0.05) is 42.2 Å². The molecule has 0 aliphatic rings. The molecule has 1 unspecified atom stereocenters. The van der Waals surface area contributed by atoms with Gasteiger partial charge in [0.2, 0.25) is 11.8 Å². The van der Waals surface area contributed by atoms with E-state index in [1.165, 1.54) is 12.1 Å². The topological polar surface area (TPSA) is 97.1 Å². The molecule has 9 heteroatoms. The molecule has 0 radical (unpaired) electrons. The third-order valence-electron chi connectivity index (χ3n) is 3.94. The van der Waals surface area contributed by atoms with Crippen LogP contribution in [0.4, 0.5) is 0 Å². The van der Waals surface area contributed by atoms with Crippen LogP contribution in [0.3, 0.4) is 0 Å². The summed E-state index contributed by atoms with van der Waals surface area (Å²) in [4.78, 5) is 29.2. The van der Waals surface area contributed by atoms with Crippen molar-refractivity contribution in [1.82, 2.24) is 20.8 Å². The zero-order chi connectivity index (χ0) is 20.7. The van der Waals surface area contributed by atoms with Crippen molar-refractivity contribution in [3.05, 3.63) is 45.5 Å². The van der Waals surface area contributed by atoms with E-state index in [0.29, 0.717) is 42.5 Å². The highest BCUT2D eigenvalue weighted by atomic mass is 35.5. The first-order chi connectivity index (χ1) is 13.3.